The van der Waals surface area contributed by atoms with Gasteiger partial charge in [0.15, 0.2) is 0 Å². The minimum Gasteiger partial charge on any atom is -0.396 e. The van der Waals surface area contributed by atoms with Crippen molar-refractivity contribution < 1.29 is 5.11 Å². The Bertz CT molecular complexity index is 448. The molecule has 0 aliphatic heterocycles. The van der Waals surface area contributed by atoms with Gasteiger partial charge in [-0.05, 0) is 12.8 Å². The number of aliphatic hydroxyl groups excluding tert-OH is 1. The van der Waals surface area contributed by atoms with E-state index in [1.807, 2.05) is 0 Å². The highest BCUT2D eigenvalue weighted by molar-refractivity contribution is 4.90. The van der Waals surface area contributed by atoms with E-state index in [0.717, 1.165) is 19.3 Å². The maximum atomic E-state index is 11.5. The second-order valence-electron chi connectivity index (χ2n) is 3.96. The Balaban J connectivity index is 2.37. The SMILES string of the molecule is O=c1ccn([C@H]2CCC[C@@H]2CO)c(=O)[nH]1. The average Bonchev–Trinajstić information content (AvgIpc) is 2.65. The number of hydrogen-bond acceptors (Lipinski definition) is 3. The Hall–Kier alpha value is -1.36. The van der Waals surface area contributed by atoms with Crippen LogP contribution in [0.15, 0.2) is 21.9 Å². The van der Waals surface area contributed by atoms with E-state index in [-0.39, 0.29) is 29.8 Å². The van der Waals surface area contributed by atoms with Gasteiger partial charge in [0, 0.05) is 30.8 Å². The van der Waals surface area contributed by atoms with Gasteiger partial charge in [-0.2, -0.15) is 0 Å². The first-order valence-corrected chi connectivity index (χ1v) is 5.14. The van der Waals surface area contributed by atoms with Crippen LogP contribution in [0.5, 0.6) is 0 Å². The Morgan fingerprint density at radius 3 is 2.93 bits per heavy atom. The third-order valence-electron chi connectivity index (χ3n) is 3.06. The molecular weight excluding hydrogens is 196 g/mol. The van der Waals surface area contributed by atoms with Crippen LogP contribution in [-0.2, 0) is 0 Å². The largest absolute Gasteiger partial charge is 0.396 e. The molecule has 5 heteroatoms. The van der Waals surface area contributed by atoms with E-state index in [1.165, 1.54) is 16.8 Å². The molecule has 82 valence electrons. The molecule has 2 atom stereocenters. The highest BCUT2D eigenvalue weighted by Crippen LogP contribution is 2.33. The minimum absolute atomic E-state index is 0.0272. The monoisotopic (exact) mass is 210 g/mol. The van der Waals surface area contributed by atoms with Gasteiger partial charge in [-0.25, -0.2) is 4.79 Å². The third-order valence-corrected chi connectivity index (χ3v) is 3.06. The van der Waals surface area contributed by atoms with Crippen LogP contribution in [0.3, 0.4) is 0 Å². The number of H-pyrrole nitrogens is 1. The summed E-state index contributed by atoms with van der Waals surface area (Å²) in [5.74, 6) is 0.133. The molecule has 0 saturated heterocycles. The zero-order valence-electron chi connectivity index (χ0n) is 8.35. The first-order chi connectivity index (χ1) is 7.22. The highest BCUT2D eigenvalue weighted by Gasteiger charge is 2.28. The summed E-state index contributed by atoms with van der Waals surface area (Å²) in [5, 5.41) is 9.16. The first kappa shape index (κ1) is 10.2. The number of hydrogen-bond donors (Lipinski definition) is 2. The smallest absolute Gasteiger partial charge is 0.328 e. The molecular formula is C10H14N2O3. The fourth-order valence-corrected chi connectivity index (χ4v) is 2.28. The number of aromatic amines is 1. The molecule has 0 aromatic carbocycles. The highest BCUT2D eigenvalue weighted by atomic mass is 16.3. The van der Waals surface area contributed by atoms with Crippen LogP contribution in [0.25, 0.3) is 0 Å². The molecule has 1 saturated carbocycles. The summed E-state index contributed by atoms with van der Waals surface area (Å²) in [6.07, 6.45) is 4.35. The van der Waals surface area contributed by atoms with Crippen molar-refractivity contribution in [2.75, 3.05) is 6.61 Å². The van der Waals surface area contributed by atoms with Crippen LogP contribution in [0.4, 0.5) is 0 Å². The molecule has 0 radical (unpaired) electrons. The molecule has 5 nitrogen and oxygen atoms in total. The van der Waals surface area contributed by atoms with Crippen molar-refractivity contribution in [3.05, 3.63) is 33.1 Å². The number of nitrogens with zero attached hydrogens (tertiary/aromatic N) is 1. The van der Waals surface area contributed by atoms with Gasteiger partial charge in [0.2, 0.25) is 0 Å². The van der Waals surface area contributed by atoms with Crippen molar-refractivity contribution in [3.63, 3.8) is 0 Å². The summed E-state index contributed by atoms with van der Waals surface area (Å²) >= 11 is 0. The topological polar surface area (TPSA) is 75.1 Å². The molecule has 0 bridgehead atoms. The molecule has 0 spiro atoms. The van der Waals surface area contributed by atoms with Crippen LogP contribution >= 0.6 is 0 Å². The lowest BCUT2D eigenvalue weighted by Crippen LogP contribution is -2.33. The lowest BCUT2D eigenvalue weighted by molar-refractivity contribution is 0.193. The van der Waals surface area contributed by atoms with Crippen LogP contribution in [0, 0.1) is 5.92 Å². The first-order valence-electron chi connectivity index (χ1n) is 5.14. The lowest BCUT2D eigenvalue weighted by Gasteiger charge is -2.19. The summed E-state index contributed by atoms with van der Waals surface area (Å²) in [5.41, 5.74) is -0.761. The molecule has 1 fully saturated rings. The van der Waals surface area contributed by atoms with Crippen LogP contribution < -0.4 is 11.2 Å². The number of nitrogens with one attached hydrogen (secondary N) is 1. The van der Waals surface area contributed by atoms with E-state index in [1.54, 1.807) is 0 Å². The normalized spacial score (nSPS) is 25.7. The third kappa shape index (κ3) is 1.87. The van der Waals surface area contributed by atoms with Gasteiger partial charge >= 0.3 is 5.69 Å². The fraction of sp³-hybridized carbons (Fsp3) is 0.600. The lowest BCUT2D eigenvalue weighted by atomic mass is 10.1. The predicted octanol–water partition coefficient (Wildman–Crippen LogP) is -0.130. The Kier molecular flexibility index (Phi) is 2.73. The van der Waals surface area contributed by atoms with Crippen molar-refractivity contribution in [1.29, 1.82) is 0 Å². The van der Waals surface area contributed by atoms with Gasteiger partial charge in [-0.1, -0.05) is 6.42 Å². The average molecular weight is 210 g/mol. The molecule has 1 aliphatic carbocycles. The van der Waals surface area contributed by atoms with E-state index in [2.05, 4.69) is 4.98 Å². The fourth-order valence-electron chi connectivity index (χ4n) is 2.28. The van der Waals surface area contributed by atoms with Gasteiger partial charge in [0.1, 0.15) is 0 Å². The maximum absolute atomic E-state index is 11.5. The molecule has 1 aromatic rings. The van der Waals surface area contributed by atoms with E-state index >= 15 is 0 Å². The molecule has 1 aliphatic rings. The Morgan fingerprint density at radius 2 is 2.27 bits per heavy atom. The van der Waals surface area contributed by atoms with Crippen LogP contribution in [0.2, 0.25) is 0 Å². The number of aromatic nitrogens is 2. The number of rotatable bonds is 2. The number of aliphatic hydroxyl groups is 1. The zero-order chi connectivity index (χ0) is 10.8. The molecule has 2 rings (SSSR count). The second-order valence-corrected chi connectivity index (χ2v) is 3.96. The van der Waals surface area contributed by atoms with E-state index in [0.29, 0.717) is 0 Å². The molecule has 0 unspecified atom stereocenters. The molecule has 2 N–H and O–H groups in total. The molecule has 1 heterocycles. The van der Waals surface area contributed by atoms with Crippen molar-refractivity contribution in [3.8, 4) is 0 Å². The summed E-state index contributed by atoms with van der Waals surface area (Å²) < 4.78 is 1.52. The Labute approximate surface area is 86.4 Å². The zero-order valence-corrected chi connectivity index (χ0v) is 8.35. The minimum atomic E-state index is -0.382. The van der Waals surface area contributed by atoms with E-state index in [9.17, 15) is 9.59 Å². The summed E-state index contributed by atoms with van der Waals surface area (Å²) in [6.45, 7) is 0.0935. The second kappa shape index (κ2) is 4.02. The van der Waals surface area contributed by atoms with Gasteiger partial charge in [0.25, 0.3) is 5.56 Å². The van der Waals surface area contributed by atoms with Crippen LogP contribution in [-0.4, -0.2) is 21.3 Å². The molecule has 1 aromatic heterocycles. The molecule has 15 heavy (non-hydrogen) atoms. The van der Waals surface area contributed by atoms with Crippen molar-refractivity contribution >= 4 is 0 Å². The predicted molar refractivity (Wildman–Crippen MR) is 54.8 cm³/mol. The van der Waals surface area contributed by atoms with Gasteiger partial charge in [-0.15, -0.1) is 0 Å². The maximum Gasteiger partial charge on any atom is 0.328 e. The van der Waals surface area contributed by atoms with E-state index in [4.69, 9.17) is 5.11 Å². The standard InChI is InChI=1S/C10H14N2O3/c13-6-7-2-1-3-8(7)12-5-4-9(14)11-10(12)15/h4-5,7-8,13H,1-3,6H2,(H,11,14,15)/t7-,8+/m1/s1. The summed E-state index contributed by atoms with van der Waals surface area (Å²) in [4.78, 5) is 24.6. The van der Waals surface area contributed by atoms with Gasteiger partial charge < -0.3 is 5.11 Å². The van der Waals surface area contributed by atoms with Crippen molar-refractivity contribution in [2.45, 2.75) is 25.3 Å². The van der Waals surface area contributed by atoms with Crippen molar-refractivity contribution in [2.24, 2.45) is 5.92 Å². The Morgan fingerprint density at radius 1 is 1.47 bits per heavy atom. The van der Waals surface area contributed by atoms with E-state index < -0.39 is 0 Å². The summed E-state index contributed by atoms with van der Waals surface area (Å²) in [6, 6.07) is 1.37. The van der Waals surface area contributed by atoms with Gasteiger partial charge in [-0.3, -0.25) is 14.3 Å². The summed E-state index contributed by atoms with van der Waals surface area (Å²) in [7, 11) is 0. The van der Waals surface area contributed by atoms with Crippen LogP contribution in [0.1, 0.15) is 25.3 Å². The van der Waals surface area contributed by atoms with Gasteiger partial charge in [0.05, 0.1) is 0 Å². The molecule has 0 amide bonds. The van der Waals surface area contributed by atoms with Crippen molar-refractivity contribution in [1.82, 2.24) is 9.55 Å². The quantitative estimate of drug-likeness (QED) is 0.714.